The first-order chi connectivity index (χ1) is 25.9. The van der Waals surface area contributed by atoms with E-state index in [1.165, 1.54) is 17.2 Å². The van der Waals surface area contributed by atoms with Gasteiger partial charge in [0.05, 0.1) is 30.0 Å². The van der Waals surface area contributed by atoms with Crippen molar-refractivity contribution in [3.63, 3.8) is 0 Å². The summed E-state index contributed by atoms with van der Waals surface area (Å²) in [5.41, 5.74) is 6.01. The number of amides is 2. The Balaban J connectivity index is 1.11. The molecular formula is C39H42ClN9O5. The third-order valence-electron chi connectivity index (χ3n) is 11.2. The summed E-state index contributed by atoms with van der Waals surface area (Å²) in [6.45, 7) is 6.12. The van der Waals surface area contributed by atoms with Crippen molar-refractivity contribution in [1.29, 1.82) is 0 Å². The quantitative estimate of drug-likeness (QED) is 0.210. The second-order valence-corrected chi connectivity index (χ2v) is 14.9. The maximum Gasteiger partial charge on any atom is 0.332 e. The number of carbonyl (C=O) groups is 1. The Hall–Kier alpha value is -5.31. The highest BCUT2D eigenvalue weighted by molar-refractivity contribution is 6.36. The Bertz CT molecular complexity index is 2480. The number of aryl methyl sites for hydroxylation is 3. The zero-order chi connectivity index (χ0) is 38.1. The van der Waals surface area contributed by atoms with Crippen LogP contribution in [0.4, 0.5) is 16.3 Å². The summed E-state index contributed by atoms with van der Waals surface area (Å²) in [6, 6.07) is 13.8. The number of methoxy groups -OCH3 is 1. The lowest BCUT2D eigenvalue weighted by molar-refractivity contribution is 0.193. The number of carbonyl (C=O) groups excluding carboxylic acids is 1. The van der Waals surface area contributed by atoms with E-state index in [1.807, 2.05) is 43.3 Å². The molecule has 2 saturated heterocycles. The maximum atomic E-state index is 13.3. The van der Waals surface area contributed by atoms with Crippen LogP contribution in [0.5, 0.6) is 5.88 Å². The molecule has 0 radical (unpaired) electrons. The molecule has 1 spiro atoms. The third kappa shape index (κ3) is 5.79. The van der Waals surface area contributed by atoms with Gasteiger partial charge in [-0.1, -0.05) is 41.9 Å². The molecule has 0 unspecified atom stereocenters. The van der Waals surface area contributed by atoms with Gasteiger partial charge in [-0.2, -0.15) is 0 Å². The highest BCUT2D eigenvalue weighted by Gasteiger charge is 2.49. The van der Waals surface area contributed by atoms with Crippen molar-refractivity contribution >= 4 is 40.2 Å². The number of aliphatic hydroxyl groups is 1. The van der Waals surface area contributed by atoms with Crippen LogP contribution in [0.2, 0.25) is 5.02 Å². The first kappa shape index (κ1) is 35.7. The molecule has 3 aromatic heterocycles. The van der Waals surface area contributed by atoms with Crippen LogP contribution in [-0.2, 0) is 20.5 Å². The Morgan fingerprint density at radius 2 is 1.78 bits per heavy atom. The molecular weight excluding hydrogens is 710 g/mol. The summed E-state index contributed by atoms with van der Waals surface area (Å²) in [6.07, 6.45) is 2.61. The number of anilines is 2. The minimum Gasteiger partial charge on any atom is -0.481 e. The normalized spacial score (nSPS) is 19.6. The Morgan fingerprint density at radius 3 is 2.56 bits per heavy atom. The van der Waals surface area contributed by atoms with Gasteiger partial charge in [0.2, 0.25) is 5.88 Å². The van der Waals surface area contributed by atoms with Crippen molar-refractivity contribution in [2.75, 3.05) is 45.2 Å². The van der Waals surface area contributed by atoms with Gasteiger partial charge in [0.1, 0.15) is 17.0 Å². The predicted molar refractivity (Wildman–Crippen MR) is 207 cm³/mol. The van der Waals surface area contributed by atoms with E-state index in [9.17, 15) is 19.5 Å². The van der Waals surface area contributed by atoms with Crippen LogP contribution in [0.25, 0.3) is 33.4 Å². The van der Waals surface area contributed by atoms with E-state index in [0.717, 1.165) is 76.1 Å². The van der Waals surface area contributed by atoms with Gasteiger partial charge in [-0.15, -0.1) is 0 Å². The molecule has 8 rings (SSSR count). The van der Waals surface area contributed by atoms with Crippen LogP contribution in [0.1, 0.15) is 41.4 Å². The maximum absolute atomic E-state index is 13.3. The number of pyridine rings is 1. The minimum atomic E-state index is -0.485. The third-order valence-corrected chi connectivity index (χ3v) is 11.6. The molecule has 2 aromatic carbocycles. The largest absolute Gasteiger partial charge is 0.481 e. The number of fused-ring (bicyclic) bond motifs is 2. The summed E-state index contributed by atoms with van der Waals surface area (Å²) in [5, 5.41) is 16.7. The van der Waals surface area contributed by atoms with Gasteiger partial charge in [-0.25, -0.2) is 24.5 Å². The predicted octanol–water partition coefficient (Wildman–Crippen LogP) is 4.23. The average Bonchev–Trinajstić information content (AvgIpc) is 3.86. The number of nitrogens with one attached hydrogen (secondary N) is 2. The monoisotopic (exact) mass is 751 g/mol. The fourth-order valence-corrected chi connectivity index (χ4v) is 8.84. The highest BCUT2D eigenvalue weighted by atomic mass is 35.5. The molecule has 2 fully saturated rings. The number of likely N-dealkylation sites (tertiary alicyclic amines) is 1. The van der Waals surface area contributed by atoms with Crippen molar-refractivity contribution in [1.82, 2.24) is 39.2 Å². The summed E-state index contributed by atoms with van der Waals surface area (Å²) >= 11 is 7.27. The summed E-state index contributed by atoms with van der Waals surface area (Å²) < 4.78 is 8.36. The number of hydrogen-bond donors (Lipinski definition) is 3. The number of benzene rings is 2. The molecule has 5 aromatic rings. The number of halogens is 1. The summed E-state index contributed by atoms with van der Waals surface area (Å²) in [7, 11) is 4.67. The molecule has 2 amide bonds. The lowest BCUT2D eigenvalue weighted by Gasteiger charge is -2.28. The standard InChI is InChI=1S/C39H42ClN9O5/c1-21-24(8-7-11-27(21)43-33-31-34(42-22(2)41-33)46(3)38(53)47(4)36(31)51)25-9-6-10-26(32(25)40)28-18-23-12-13-29(30(23)35(44-28)54-5)48-15-14-39(19-48)20-49(16-17-50)37(52)45-39/h6-11,18,29,50H,12-17,19-20H2,1-5H3,(H,45,52)(H,41,42,43)/t29-,39-/m0/s1. The lowest BCUT2D eigenvalue weighted by atomic mass is 9.96. The number of aliphatic hydroxyl groups excluding tert-OH is 1. The van der Waals surface area contributed by atoms with E-state index in [1.54, 1.807) is 26.0 Å². The van der Waals surface area contributed by atoms with Crippen LogP contribution in [0.15, 0.2) is 52.1 Å². The zero-order valence-electron chi connectivity index (χ0n) is 30.9. The molecule has 280 valence electrons. The Morgan fingerprint density at radius 1 is 1.02 bits per heavy atom. The fourth-order valence-electron chi connectivity index (χ4n) is 8.51. The van der Waals surface area contributed by atoms with E-state index < -0.39 is 11.2 Å². The number of urea groups is 1. The van der Waals surface area contributed by atoms with E-state index in [-0.39, 0.29) is 35.3 Å². The van der Waals surface area contributed by atoms with Crippen molar-refractivity contribution in [2.24, 2.45) is 14.1 Å². The molecule has 1 aliphatic carbocycles. The van der Waals surface area contributed by atoms with Gasteiger partial charge in [-0.3, -0.25) is 18.8 Å². The number of hydrogen-bond acceptors (Lipinski definition) is 10. The molecule has 3 aliphatic rings. The van der Waals surface area contributed by atoms with E-state index in [0.29, 0.717) is 35.6 Å². The number of aromatic nitrogens is 5. The first-order valence-corrected chi connectivity index (χ1v) is 18.4. The fraction of sp³-hybridized carbons (Fsp3) is 0.385. The van der Waals surface area contributed by atoms with Crippen LogP contribution in [0, 0.1) is 13.8 Å². The molecule has 0 saturated carbocycles. The molecule has 15 heteroatoms. The van der Waals surface area contributed by atoms with E-state index >= 15 is 0 Å². The Labute approximate surface area is 316 Å². The molecule has 5 heterocycles. The average molecular weight is 752 g/mol. The second kappa shape index (κ2) is 13.5. The molecule has 14 nitrogen and oxygen atoms in total. The molecule has 0 bridgehead atoms. The number of β-amino-alcohol motifs (C(OH)–C–C–N with tert-alkyl or cyclic N) is 1. The van der Waals surface area contributed by atoms with Gasteiger partial charge in [0.15, 0.2) is 5.65 Å². The topological polar surface area (TPSA) is 160 Å². The van der Waals surface area contributed by atoms with Crippen molar-refractivity contribution < 1.29 is 14.6 Å². The number of nitrogens with zero attached hydrogens (tertiary/aromatic N) is 7. The van der Waals surface area contributed by atoms with Crippen LogP contribution in [0.3, 0.4) is 0 Å². The van der Waals surface area contributed by atoms with Crippen molar-refractivity contribution in [3.05, 3.63) is 90.8 Å². The summed E-state index contributed by atoms with van der Waals surface area (Å²) in [5.74, 6) is 1.30. The van der Waals surface area contributed by atoms with Crippen molar-refractivity contribution in [3.8, 4) is 28.3 Å². The number of rotatable bonds is 8. The van der Waals surface area contributed by atoms with E-state index in [2.05, 4.69) is 31.6 Å². The molecule has 2 atom stereocenters. The minimum absolute atomic E-state index is 0.0554. The molecule has 2 aliphatic heterocycles. The molecule has 54 heavy (non-hydrogen) atoms. The summed E-state index contributed by atoms with van der Waals surface area (Å²) in [4.78, 5) is 56.6. The lowest BCUT2D eigenvalue weighted by Crippen LogP contribution is -2.46. The highest BCUT2D eigenvalue weighted by Crippen LogP contribution is 2.46. The van der Waals surface area contributed by atoms with E-state index in [4.69, 9.17) is 21.3 Å². The van der Waals surface area contributed by atoms with Gasteiger partial charge in [0.25, 0.3) is 5.56 Å². The van der Waals surface area contributed by atoms with Crippen LogP contribution >= 0.6 is 11.6 Å². The van der Waals surface area contributed by atoms with Gasteiger partial charge in [-0.05, 0) is 61.9 Å². The van der Waals surface area contributed by atoms with Crippen LogP contribution in [-0.4, -0.2) is 90.5 Å². The van der Waals surface area contributed by atoms with Gasteiger partial charge < -0.3 is 25.4 Å². The molecule has 3 N–H and O–H groups in total. The zero-order valence-corrected chi connectivity index (χ0v) is 31.6. The van der Waals surface area contributed by atoms with Crippen LogP contribution < -0.4 is 26.6 Å². The van der Waals surface area contributed by atoms with Gasteiger partial charge >= 0.3 is 11.7 Å². The Kier molecular flexibility index (Phi) is 8.94. The smallest absolute Gasteiger partial charge is 0.332 e. The second-order valence-electron chi connectivity index (χ2n) is 14.5. The first-order valence-electron chi connectivity index (χ1n) is 18.0. The van der Waals surface area contributed by atoms with Crippen molar-refractivity contribution in [2.45, 2.75) is 44.7 Å². The SMILES string of the molecule is COc1nc(-c2cccc(-c3cccc(Nc4nc(C)nc5c4c(=O)n(C)c(=O)n5C)c3C)c2Cl)cc2c1[C@@H](N1CC[C@@]3(CN(CCO)C(=O)N3)C1)CC2. The number of ether oxygens (including phenoxy) is 1. The van der Waals surface area contributed by atoms with Gasteiger partial charge in [0, 0.05) is 68.7 Å².